The van der Waals surface area contributed by atoms with Crippen LogP contribution in [-0.4, -0.2) is 31.2 Å². The van der Waals surface area contributed by atoms with Crippen molar-refractivity contribution in [3.05, 3.63) is 66.0 Å². The maximum absolute atomic E-state index is 13.0. The molecule has 0 fully saturated rings. The maximum atomic E-state index is 13.0. The number of carbonyl (C=O) groups is 1. The lowest BCUT2D eigenvalue weighted by molar-refractivity contribution is 0.0519. The molecule has 2 aromatic carbocycles. The van der Waals surface area contributed by atoms with Crippen LogP contribution in [0.1, 0.15) is 23.0 Å². The van der Waals surface area contributed by atoms with Crippen LogP contribution in [0.3, 0.4) is 0 Å². The minimum absolute atomic E-state index is 0.303. The van der Waals surface area contributed by atoms with Gasteiger partial charge in [0.2, 0.25) is 0 Å². The van der Waals surface area contributed by atoms with Gasteiger partial charge in [-0.15, -0.1) is 0 Å². The van der Waals surface area contributed by atoms with Crippen LogP contribution in [0.2, 0.25) is 0 Å². The number of methoxy groups -OCH3 is 2. The van der Waals surface area contributed by atoms with Crippen molar-refractivity contribution in [2.75, 3.05) is 20.8 Å². The molecule has 0 radical (unpaired) electrons. The molecule has 5 nitrogen and oxygen atoms in total. The summed E-state index contributed by atoms with van der Waals surface area (Å²) in [6.07, 6.45) is 1.93. The van der Waals surface area contributed by atoms with Gasteiger partial charge < -0.3 is 18.6 Å². The predicted molar refractivity (Wildman–Crippen MR) is 114 cm³/mol. The molecule has 0 aliphatic carbocycles. The number of hydrogen-bond donors (Lipinski definition) is 0. The van der Waals surface area contributed by atoms with E-state index in [9.17, 15) is 4.79 Å². The lowest BCUT2D eigenvalue weighted by atomic mass is 9.99. The molecule has 5 heteroatoms. The highest BCUT2D eigenvalue weighted by Gasteiger charge is 2.26. The molecule has 0 aliphatic heterocycles. The summed E-state index contributed by atoms with van der Waals surface area (Å²) >= 11 is 0. The highest BCUT2D eigenvalue weighted by molar-refractivity contribution is 6.07. The number of rotatable bonds is 5. The highest BCUT2D eigenvalue weighted by Crippen LogP contribution is 2.41. The van der Waals surface area contributed by atoms with E-state index < -0.39 is 0 Å². The fourth-order valence-corrected chi connectivity index (χ4v) is 3.94. The second-order valence-corrected chi connectivity index (χ2v) is 6.76. The van der Waals surface area contributed by atoms with Gasteiger partial charge in [0.05, 0.1) is 26.3 Å². The van der Waals surface area contributed by atoms with Crippen LogP contribution in [0, 0.1) is 6.92 Å². The number of pyridine rings is 1. The number of benzene rings is 2. The van der Waals surface area contributed by atoms with E-state index in [4.69, 9.17) is 14.2 Å². The Kier molecular flexibility index (Phi) is 4.89. The van der Waals surface area contributed by atoms with Crippen molar-refractivity contribution < 1.29 is 19.0 Å². The molecule has 148 valence electrons. The molecule has 0 saturated carbocycles. The third kappa shape index (κ3) is 2.99. The van der Waals surface area contributed by atoms with Crippen molar-refractivity contribution >= 4 is 22.3 Å². The monoisotopic (exact) mass is 389 g/mol. The summed E-state index contributed by atoms with van der Waals surface area (Å²) in [5.41, 5.74) is 4.10. The fourth-order valence-electron chi connectivity index (χ4n) is 3.94. The van der Waals surface area contributed by atoms with Crippen LogP contribution in [0.5, 0.6) is 11.5 Å². The van der Waals surface area contributed by atoms with Crippen molar-refractivity contribution in [2.24, 2.45) is 0 Å². The second kappa shape index (κ2) is 7.51. The smallest absolute Gasteiger partial charge is 0.355 e. The van der Waals surface area contributed by atoms with Crippen LogP contribution in [0.15, 0.2) is 54.7 Å². The number of esters is 1. The quantitative estimate of drug-likeness (QED) is 0.437. The number of ether oxygens (including phenoxy) is 3. The van der Waals surface area contributed by atoms with Crippen molar-refractivity contribution in [2.45, 2.75) is 13.8 Å². The van der Waals surface area contributed by atoms with E-state index in [-0.39, 0.29) is 5.97 Å². The normalized spacial score (nSPS) is 11.0. The molecule has 2 heterocycles. The van der Waals surface area contributed by atoms with E-state index in [1.165, 1.54) is 0 Å². The Morgan fingerprint density at radius 3 is 2.55 bits per heavy atom. The van der Waals surface area contributed by atoms with Gasteiger partial charge >= 0.3 is 5.97 Å². The van der Waals surface area contributed by atoms with Crippen LogP contribution in [-0.2, 0) is 4.74 Å². The summed E-state index contributed by atoms with van der Waals surface area (Å²) in [4.78, 5) is 13.0. The molecule has 0 amide bonds. The third-order valence-electron chi connectivity index (χ3n) is 5.21. The SMILES string of the molecule is CCOC(=O)c1c(-c2ccc(OC)cc2OC)c(C)c2c3ccccc3ccn12. The first-order valence-corrected chi connectivity index (χ1v) is 9.52. The van der Waals surface area contributed by atoms with E-state index in [0.717, 1.165) is 33.0 Å². The van der Waals surface area contributed by atoms with Gasteiger partial charge in [-0.05, 0) is 43.0 Å². The first kappa shape index (κ1) is 18.9. The number of carbonyl (C=O) groups excluding carboxylic acids is 1. The van der Waals surface area contributed by atoms with Crippen molar-refractivity contribution in [1.29, 1.82) is 0 Å². The highest BCUT2D eigenvalue weighted by atomic mass is 16.5. The van der Waals surface area contributed by atoms with Gasteiger partial charge in [0, 0.05) is 28.8 Å². The summed E-state index contributed by atoms with van der Waals surface area (Å²) in [7, 11) is 3.23. The Hall–Kier alpha value is -3.47. The minimum atomic E-state index is -0.362. The number of hydrogen-bond acceptors (Lipinski definition) is 4. The van der Waals surface area contributed by atoms with Gasteiger partial charge in [0.15, 0.2) is 0 Å². The van der Waals surface area contributed by atoms with Crippen LogP contribution >= 0.6 is 0 Å². The number of aryl methyl sites for hydroxylation is 1. The average Bonchev–Trinajstić information content (AvgIpc) is 3.06. The maximum Gasteiger partial charge on any atom is 0.355 e. The Labute approximate surface area is 169 Å². The zero-order valence-electron chi connectivity index (χ0n) is 17.0. The van der Waals surface area contributed by atoms with E-state index in [0.29, 0.717) is 23.8 Å². The molecule has 0 unspecified atom stereocenters. The summed E-state index contributed by atoms with van der Waals surface area (Å²) in [6, 6.07) is 15.8. The molecular formula is C24H23NO4. The molecule has 4 rings (SSSR count). The van der Waals surface area contributed by atoms with Crippen molar-refractivity contribution in [3.8, 4) is 22.6 Å². The summed E-state index contributed by atoms with van der Waals surface area (Å²) in [5, 5.41) is 2.20. The Bertz CT molecular complexity index is 1220. The zero-order chi connectivity index (χ0) is 20.5. The molecule has 0 saturated heterocycles. The molecule has 0 atom stereocenters. The lowest BCUT2D eigenvalue weighted by Crippen LogP contribution is -2.09. The number of nitrogens with zero attached hydrogens (tertiary/aromatic N) is 1. The van der Waals surface area contributed by atoms with E-state index in [2.05, 4.69) is 12.1 Å². The number of fused-ring (bicyclic) bond motifs is 3. The molecule has 0 bridgehead atoms. The molecule has 0 spiro atoms. The summed E-state index contributed by atoms with van der Waals surface area (Å²) < 4.78 is 18.3. The van der Waals surface area contributed by atoms with Gasteiger partial charge in [-0.1, -0.05) is 24.3 Å². The van der Waals surface area contributed by atoms with E-state index in [1.54, 1.807) is 14.2 Å². The van der Waals surface area contributed by atoms with E-state index in [1.807, 2.05) is 60.8 Å². The fraction of sp³-hybridized carbons (Fsp3) is 0.208. The van der Waals surface area contributed by atoms with Crippen molar-refractivity contribution in [1.82, 2.24) is 4.40 Å². The van der Waals surface area contributed by atoms with Crippen LogP contribution in [0.25, 0.3) is 27.4 Å². The summed E-state index contributed by atoms with van der Waals surface area (Å²) in [5.74, 6) is 0.965. The molecule has 0 aliphatic rings. The third-order valence-corrected chi connectivity index (χ3v) is 5.21. The van der Waals surface area contributed by atoms with Gasteiger partial charge in [0.1, 0.15) is 17.2 Å². The van der Waals surface area contributed by atoms with Gasteiger partial charge in [0.25, 0.3) is 0 Å². The standard InChI is InChI=1S/C24H23NO4/c1-5-29-24(26)23-21(19-11-10-17(27-3)14-20(19)28-4)15(2)22-18-9-7-6-8-16(18)12-13-25(22)23/h6-14H,5H2,1-4H3. The molecule has 2 aromatic heterocycles. The Morgan fingerprint density at radius 2 is 1.83 bits per heavy atom. The first-order valence-electron chi connectivity index (χ1n) is 9.52. The van der Waals surface area contributed by atoms with Crippen molar-refractivity contribution in [3.63, 3.8) is 0 Å². The van der Waals surface area contributed by atoms with Gasteiger partial charge in [-0.25, -0.2) is 4.79 Å². The van der Waals surface area contributed by atoms with Gasteiger partial charge in [-0.3, -0.25) is 0 Å². The topological polar surface area (TPSA) is 49.2 Å². The molecule has 0 N–H and O–H groups in total. The Balaban J connectivity index is 2.13. The first-order chi connectivity index (χ1) is 14.1. The molecule has 4 aromatic rings. The van der Waals surface area contributed by atoms with E-state index >= 15 is 0 Å². The second-order valence-electron chi connectivity index (χ2n) is 6.76. The molecular weight excluding hydrogens is 366 g/mol. The number of aromatic nitrogens is 1. The average molecular weight is 389 g/mol. The van der Waals surface area contributed by atoms with Crippen LogP contribution in [0.4, 0.5) is 0 Å². The predicted octanol–water partition coefficient (Wildman–Crippen LogP) is 5.26. The summed E-state index contributed by atoms with van der Waals surface area (Å²) in [6.45, 7) is 4.14. The lowest BCUT2D eigenvalue weighted by Gasteiger charge is -2.12. The van der Waals surface area contributed by atoms with Crippen LogP contribution < -0.4 is 9.47 Å². The largest absolute Gasteiger partial charge is 0.497 e. The minimum Gasteiger partial charge on any atom is -0.497 e. The van der Waals surface area contributed by atoms with Gasteiger partial charge in [-0.2, -0.15) is 0 Å². The Morgan fingerprint density at radius 1 is 1.03 bits per heavy atom. The zero-order valence-corrected chi connectivity index (χ0v) is 17.0. The molecule has 29 heavy (non-hydrogen) atoms.